The Bertz CT molecular complexity index is 914. The number of β-lactam (4-membered cyclic amide) rings is 1. The summed E-state index contributed by atoms with van der Waals surface area (Å²) in [6, 6.07) is -0.330. The molecule has 0 aromatic carbocycles. The van der Waals surface area contributed by atoms with Gasteiger partial charge in [0, 0.05) is 41.6 Å². The molecule has 1 aromatic rings. The van der Waals surface area contributed by atoms with E-state index in [-0.39, 0.29) is 64.3 Å². The Balaban J connectivity index is 0.00000256. The van der Waals surface area contributed by atoms with Crippen molar-refractivity contribution in [3.05, 3.63) is 21.7 Å². The molecule has 0 bridgehead atoms. The van der Waals surface area contributed by atoms with E-state index in [1.54, 1.807) is 19.4 Å². The number of thiazole rings is 1. The number of hydrogen-bond acceptors (Lipinski definition) is 9. The first-order valence-corrected chi connectivity index (χ1v) is 11.1. The van der Waals surface area contributed by atoms with E-state index >= 15 is 0 Å². The zero-order valence-corrected chi connectivity index (χ0v) is 20.7. The summed E-state index contributed by atoms with van der Waals surface area (Å²) in [5.74, 6) is -2.69. The normalized spacial score (nSPS) is 26.5. The molecule has 0 spiro atoms. The second-order valence-electron chi connectivity index (χ2n) is 7.49. The Morgan fingerprint density at radius 2 is 2.10 bits per heavy atom. The van der Waals surface area contributed by atoms with Crippen LogP contribution in [-0.4, -0.2) is 70.3 Å². The summed E-state index contributed by atoms with van der Waals surface area (Å²) in [4.78, 5) is 44.0. The van der Waals surface area contributed by atoms with E-state index < -0.39 is 18.0 Å². The Morgan fingerprint density at radius 3 is 2.67 bits per heavy atom. The number of nitrogens with zero attached hydrogens (tertiary/aromatic N) is 3. The first-order valence-electron chi connectivity index (χ1n) is 9.30. The van der Waals surface area contributed by atoms with Gasteiger partial charge in [-0.3, -0.25) is 9.59 Å². The van der Waals surface area contributed by atoms with Gasteiger partial charge in [-0.1, -0.05) is 6.92 Å². The molecular formula is C18H21N4NaO5S2. The van der Waals surface area contributed by atoms with E-state index in [1.165, 1.54) is 28.0 Å². The van der Waals surface area contributed by atoms with Gasteiger partial charge in [0.25, 0.3) is 5.91 Å². The van der Waals surface area contributed by atoms with Crippen molar-refractivity contribution in [2.75, 3.05) is 25.0 Å². The van der Waals surface area contributed by atoms with Gasteiger partial charge >= 0.3 is 29.6 Å². The van der Waals surface area contributed by atoms with E-state index in [0.29, 0.717) is 23.7 Å². The fraction of sp³-hybridized carbons (Fsp3) is 0.556. The predicted molar refractivity (Wildman–Crippen MR) is 106 cm³/mol. The van der Waals surface area contributed by atoms with Crippen molar-refractivity contribution in [1.29, 1.82) is 0 Å². The van der Waals surface area contributed by atoms with Crippen molar-refractivity contribution in [3.8, 4) is 0 Å². The summed E-state index contributed by atoms with van der Waals surface area (Å²) >= 11 is 2.85. The molecule has 2 fully saturated rings. The summed E-state index contributed by atoms with van der Waals surface area (Å²) in [7, 11) is 1.55. The van der Waals surface area contributed by atoms with E-state index in [4.69, 9.17) is 0 Å². The molecule has 0 radical (unpaired) electrons. The molecule has 0 aliphatic carbocycles. The number of carbonyl (C=O) groups is 3. The number of fused-ring (bicyclic) bond motifs is 1. The Hall–Kier alpha value is -1.11. The molecule has 3 unspecified atom stereocenters. The number of carbonyl (C=O) groups excluding carboxylic acids is 3. The zero-order chi connectivity index (χ0) is 21.0. The molecule has 1 aromatic heterocycles. The quantitative estimate of drug-likeness (QED) is 0.328. The smallest absolute Gasteiger partial charge is 0.543 e. The molecule has 4 rings (SSSR count). The number of carboxylic acid groups (broad SMARTS) is 1. The number of aliphatic carboxylic acids is 1. The molecule has 2 N–H and O–H groups in total. The number of nitrogens with one attached hydrogen (secondary N) is 1. The number of aromatic nitrogens is 1. The van der Waals surface area contributed by atoms with E-state index in [1.807, 2.05) is 11.8 Å². The third kappa shape index (κ3) is 3.69. The largest absolute Gasteiger partial charge is 1.00 e. The fourth-order valence-electron chi connectivity index (χ4n) is 4.16. The number of amides is 2. The maximum absolute atomic E-state index is 12.4. The van der Waals surface area contributed by atoms with Crippen LogP contribution in [0.5, 0.6) is 0 Å². The van der Waals surface area contributed by atoms with Crippen LogP contribution in [0.15, 0.2) is 16.0 Å². The van der Waals surface area contributed by atoms with Crippen LogP contribution in [0.3, 0.4) is 0 Å². The van der Waals surface area contributed by atoms with Crippen molar-refractivity contribution in [2.24, 2.45) is 11.8 Å². The van der Waals surface area contributed by atoms with Crippen molar-refractivity contribution < 1.29 is 54.2 Å². The molecule has 3 aliphatic rings. The third-order valence-electron chi connectivity index (χ3n) is 5.67. The summed E-state index contributed by atoms with van der Waals surface area (Å²) in [6.45, 7) is 4.78. The van der Waals surface area contributed by atoms with Crippen LogP contribution in [-0.2, 0) is 9.59 Å². The van der Waals surface area contributed by atoms with Crippen molar-refractivity contribution in [3.63, 3.8) is 0 Å². The van der Waals surface area contributed by atoms with Crippen molar-refractivity contribution in [1.82, 2.24) is 15.2 Å². The number of hydrogen-bond donors (Lipinski definition) is 2. The van der Waals surface area contributed by atoms with Crippen LogP contribution in [0.4, 0.5) is 5.13 Å². The Kier molecular flexibility index (Phi) is 6.90. The number of thioether (sulfide) groups is 1. The van der Waals surface area contributed by atoms with Gasteiger partial charge in [-0.25, -0.2) is 4.98 Å². The van der Waals surface area contributed by atoms with Gasteiger partial charge in [0.1, 0.15) is 5.69 Å². The number of aliphatic hydroxyl groups is 1. The van der Waals surface area contributed by atoms with Crippen LogP contribution < -0.4 is 44.9 Å². The average molecular weight is 461 g/mol. The minimum absolute atomic E-state index is 0. The van der Waals surface area contributed by atoms with Crippen molar-refractivity contribution >= 4 is 46.0 Å². The predicted octanol–water partition coefficient (Wildman–Crippen LogP) is -3.75. The van der Waals surface area contributed by atoms with Gasteiger partial charge in [0.2, 0.25) is 5.91 Å². The molecule has 3 aliphatic heterocycles. The van der Waals surface area contributed by atoms with Gasteiger partial charge in [0.15, 0.2) is 5.13 Å². The fourth-order valence-corrected chi connectivity index (χ4v) is 6.50. The third-order valence-corrected chi connectivity index (χ3v) is 8.02. The van der Waals surface area contributed by atoms with Crippen LogP contribution >= 0.6 is 23.1 Å². The number of carboxylic acids is 1. The van der Waals surface area contributed by atoms with Crippen LogP contribution in [0.1, 0.15) is 24.3 Å². The Morgan fingerprint density at radius 1 is 1.43 bits per heavy atom. The summed E-state index contributed by atoms with van der Waals surface area (Å²) in [5, 5.41) is 26.8. The monoisotopic (exact) mass is 460 g/mol. The molecule has 12 heteroatoms. The van der Waals surface area contributed by atoms with Crippen LogP contribution in [0, 0.1) is 11.8 Å². The number of rotatable bonds is 6. The van der Waals surface area contributed by atoms with E-state index in [0.717, 1.165) is 5.13 Å². The topological polar surface area (TPSA) is 126 Å². The number of aliphatic hydroxyl groups excluding tert-OH is 1. The molecule has 2 saturated heterocycles. The second-order valence-corrected chi connectivity index (χ2v) is 9.67. The molecule has 0 saturated carbocycles. The summed E-state index contributed by atoms with van der Waals surface area (Å²) in [6.07, 6.45) is -0.822. The number of anilines is 1. The molecule has 2 amide bonds. The maximum atomic E-state index is 12.4. The van der Waals surface area contributed by atoms with Gasteiger partial charge in [0.05, 0.1) is 29.7 Å². The van der Waals surface area contributed by atoms with Gasteiger partial charge in [-0.2, -0.15) is 0 Å². The summed E-state index contributed by atoms with van der Waals surface area (Å²) < 4.78 is 0. The SMILES string of the molecule is CNC(=O)c1csc(N2CC(SC3=C(C(=O)[O-])N4C(=O)C(C(C)O)C4[C@H]3C)C2)n1.[Na+]. The first kappa shape index (κ1) is 23.6. The minimum Gasteiger partial charge on any atom is -0.543 e. The molecular weight excluding hydrogens is 439 g/mol. The molecule has 4 heterocycles. The Labute approximate surface area is 204 Å². The van der Waals surface area contributed by atoms with Gasteiger partial charge in [-0.15, -0.1) is 23.1 Å². The standard InChI is InChI=1S/C18H22N4O5S2.Na/c1-7-12-11(8(2)23)16(25)22(12)13(17(26)27)14(7)29-9-4-21(5-9)18-20-10(6-28-18)15(24)19-3;/h6-9,11-12,23H,4-5H2,1-3H3,(H,19,24)(H,26,27);/q;+1/p-1/t7-,8?,11?,12?;/m1./s1. The van der Waals surface area contributed by atoms with Gasteiger partial charge in [-0.05, 0) is 6.92 Å². The zero-order valence-electron chi connectivity index (χ0n) is 17.1. The average Bonchev–Trinajstić information content (AvgIpc) is 3.19. The molecule has 30 heavy (non-hydrogen) atoms. The van der Waals surface area contributed by atoms with Gasteiger partial charge < -0.3 is 30.1 Å². The first-order chi connectivity index (χ1) is 13.7. The van der Waals surface area contributed by atoms with E-state index in [2.05, 4.69) is 10.3 Å². The minimum atomic E-state index is -1.36. The van der Waals surface area contributed by atoms with E-state index in [9.17, 15) is 24.6 Å². The van der Waals surface area contributed by atoms with Crippen LogP contribution in [0.25, 0.3) is 0 Å². The van der Waals surface area contributed by atoms with Crippen LogP contribution in [0.2, 0.25) is 0 Å². The second kappa shape index (κ2) is 8.79. The summed E-state index contributed by atoms with van der Waals surface area (Å²) in [5.41, 5.74) is 0.325. The maximum Gasteiger partial charge on any atom is 1.00 e. The van der Waals surface area contributed by atoms with Crippen molar-refractivity contribution in [2.45, 2.75) is 31.2 Å². The molecule has 9 nitrogen and oxygen atoms in total. The molecule has 4 atom stereocenters. The molecule has 156 valence electrons.